The molecule has 3 rings (SSSR count). The molecule has 1 aromatic rings. The van der Waals surface area contributed by atoms with Gasteiger partial charge in [-0.05, 0) is 24.8 Å². The van der Waals surface area contributed by atoms with Gasteiger partial charge in [0.1, 0.15) is 0 Å². The molecule has 2 amide bonds. The third-order valence-electron chi connectivity index (χ3n) is 4.97. The second kappa shape index (κ2) is 7.17. The van der Waals surface area contributed by atoms with Crippen LogP contribution in [0.3, 0.4) is 0 Å². The van der Waals surface area contributed by atoms with Crippen molar-refractivity contribution >= 4 is 17.9 Å². The molecular formula is C17H25N5O2. The number of nitrogens with zero attached hydrogens (tertiary/aromatic N) is 4. The fourth-order valence-electron chi connectivity index (χ4n) is 3.78. The predicted octanol–water partition coefficient (Wildman–Crippen LogP) is 0.232. The van der Waals surface area contributed by atoms with E-state index in [0.717, 1.165) is 24.9 Å². The van der Waals surface area contributed by atoms with Gasteiger partial charge in [0.15, 0.2) is 0 Å². The molecule has 2 N–H and O–H groups in total. The Morgan fingerprint density at radius 1 is 1.46 bits per heavy atom. The molecule has 2 aliphatic heterocycles. The van der Waals surface area contributed by atoms with E-state index < -0.39 is 0 Å². The van der Waals surface area contributed by atoms with Crippen molar-refractivity contribution in [2.24, 2.45) is 18.7 Å². The molecule has 0 aliphatic carbocycles. The number of nitrogens with two attached hydrogens (primary N) is 1. The number of aryl methyl sites for hydroxylation is 1. The number of carbonyl (C=O) groups is 2. The number of rotatable bonds is 4. The summed E-state index contributed by atoms with van der Waals surface area (Å²) < 4.78 is 1.71. The first-order valence-corrected chi connectivity index (χ1v) is 8.53. The van der Waals surface area contributed by atoms with Gasteiger partial charge in [0, 0.05) is 63.5 Å². The molecule has 1 aromatic heterocycles. The SMILES string of the molecule is Cn1cc(/C=C/C(=O)N2CC[C@@H]3[C@@H](CCC(=O)N3CCN)C2)cn1. The third kappa shape index (κ3) is 3.51. The largest absolute Gasteiger partial charge is 0.339 e. The molecule has 24 heavy (non-hydrogen) atoms. The van der Waals surface area contributed by atoms with Gasteiger partial charge >= 0.3 is 0 Å². The molecule has 2 aliphatic rings. The second-order valence-corrected chi connectivity index (χ2v) is 6.60. The van der Waals surface area contributed by atoms with Gasteiger partial charge in [-0.2, -0.15) is 5.10 Å². The number of hydrogen-bond acceptors (Lipinski definition) is 4. The molecule has 0 spiro atoms. The van der Waals surface area contributed by atoms with Gasteiger partial charge in [0.25, 0.3) is 0 Å². The lowest BCUT2D eigenvalue weighted by Gasteiger charge is -2.46. The van der Waals surface area contributed by atoms with Crippen LogP contribution in [0, 0.1) is 5.92 Å². The summed E-state index contributed by atoms with van der Waals surface area (Å²) in [7, 11) is 1.85. The Hall–Kier alpha value is -2.15. The Balaban J connectivity index is 1.61. The van der Waals surface area contributed by atoms with E-state index in [4.69, 9.17) is 5.73 Å². The zero-order valence-corrected chi connectivity index (χ0v) is 14.1. The first-order valence-electron chi connectivity index (χ1n) is 8.53. The van der Waals surface area contributed by atoms with Crippen molar-refractivity contribution in [2.75, 3.05) is 26.2 Å². The molecule has 2 atom stereocenters. The maximum atomic E-state index is 12.4. The van der Waals surface area contributed by atoms with Crippen LogP contribution in [-0.2, 0) is 16.6 Å². The highest BCUT2D eigenvalue weighted by molar-refractivity contribution is 5.91. The highest BCUT2D eigenvalue weighted by Gasteiger charge is 2.39. The Bertz CT molecular complexity index is 639. The van der Waals surface area contributed by atoms with Crippen LogP contribution in [0.15, 0.2) is 18.5 Å². The van der Waals surface area contributed by atoms with Crippen LogP contribution < -0.4 is 5.73 Å². The molecule has 2 saturated heterocycles. The average molecular weight is 331 g/mol. The minimum Gasteiger partial charge on any atom is -0.339 e. The molecule has 0 bridgehead atoms. The summed E-state index contributed by atoms with van der Waals surface area (Å²) in [6.45, 7) is 2.52. The van der Waals surface area contributed by atoms with Crippen molar-refractivity contribution in [3.63, 3.8) is 0 Å². The molecule has 3 heterocycles. The van der Waals surface area contributed by atoms with Gasteiger partial charge in [-0.1, -0.05) is 0 Å². The second-order valence-electron chi connectivity index (χ2n) is 6.60. The topological polar surface area (TPSA) is 84.5 Å². The van der Waals surface area contributed by atoms with E-state index in [0.29, 0.717) is 32.0 Å². The molecule has 0 saturated carbocycles. The number of likely N-dealkylation sites (tertiary alicyclic amines) is 2. The number of carbonyl (C=O) groups excluding carboxylic acids is 2. The Morgan fingerprint density at radius 3 is 3.00 bits per heavy atom. The summed E-state index contributed by atoms with van der Waals surface area (Å²) in [6, 6.07) is 0.237. The Morgan fingerprint density at radius 2 is 2.29 bits per heavy atom. The lowest BCUT2D eigenvalue weighted by atomic mass is 9.83. The van der Waals surface area contributed by atoms with Crippen molar-refractivity contribution in [2.45, 2.75) is 25.3 Å². The van der Waals surface area contributed by atoms with Crippen molar-refractivity contribution in [3.8, 4) is 0 Å². The molecule has 130 valence electrons. The van der Waals surface area contributed by atoms with Crippen LogP contribution >= 0.6 is 0 Å². The van der Waals surface area contributed by atoms with E-state index in [1.54, 1.807) is 23.0 Å². The molecular weight excluding hydrogens is 306 g/mol. The molecule has 0 aromatic carbocycles. The average Bonchev–Trinajstić information content (AvgIpc) is 3.00. The van der Waals surface area contributed by atoms with E-state index in [-0.39, 0.29) is 17.9 Å². The standard InChI is InChI=1S/C17H25N5O2/c1-20-11-13(10-19-20)2-4-16(23)21-8-6-15-14(12-21)3-5-17(24)22(15)9-7-18/h2,4,10-11,14-15H,3,5-9,12,18H2,1H3/b4-2+/t14-,15+/m0/s1. The van der Waals surface area contributed by atoms with Gasteiger partial charge in [-0.3, -0.25) is 14.3 Å². The van der Waals surface area contributed by atoms with Crippen LogP contribution in [-0.4, -0.2) is 63.6 Å². The maximum absolute atomic E-state index is 12.4. The van der Waals surface area contributed by atoms with Crippen LogP contribution in [0.5, 0.6) is 0 Å². The van der Waals surface area contributed by atoms with Gasteiger partial charge in [-0.15, -0.1) is 0 Å². The summed E-state index contributed by atoms with van der Waals surface area (Å²) in [5, 5.41) is 4.09. The maximum Gasteiger partial charge on any atom is 0.246 e. The minimum absolute atomic E-state index is 0.0274. The number of piperidine rings is 2. The summed E-state index contributed by atoms with van der Waals surface area (Å²) in [6.07, 6.45) is 9.27. The van der Waals surface area contributed by atoms with Gasteiger partial charge in [0.2, 0.25) is 11.8 Å². The normalized spacial score (nSPS) is 24.5. The summed E-state index contributed by atoms with van der Waals surface area (Å²) in [5.41, 5.74) is 6.56. The Kier molecular flexibility index (Phi) is 4.99. The van der Waals surface area contributed by atoms with Crippen molar-refractivity contribution in [1.29, 1.82) is 0 Å². The summed E-state index contributed by atoms with van der Waals surface area (Å²) >= 11 is 0. The highest BCUT2D eigenvalue weighted by Crippen LogP contribution is 2.31. The minimum atomic E-state index is 0.0274. The van der Waals surface area contributed by atoms with E-state index in [9.17, 15) is 9.59 Å². The molecule has 0 radical (unpaired) electrons. The number of hydrogen-bond donors (Lipinski definition) is 1. The highest BCUT2D eigenvalue weighted by atomic mass is 16.2. The fourth-order valence-corrected chi connectivity index (χ4v) is 3.78. The van der Waals surface area contributed by atoms with Crippen LogP contribution in [0.4, 0.5) is 0 Å². The molecule has 7 nitrogen and oxygen atoms in total. The zero-order chi connectivity index (χ0) is 17.1. The first-order chi connectivity index (χ1) is 11.6. The molecule has 0 unspecified atom stereocenters. The quantitative estimate of drug-likeness (QED) is 0.801. The van der Waals surface area contributed by atoms with Crippen molar-refractivity contribution in [3.05, 3.63) is 24.0 Å². The third-order valence-corrected chi connectivity index (χ3v) is 4.97. The van der Waals surface area contributed by atoms with Crippen LogP contribution in [0.2, 0.25) is 0 Å². The predicted molar refractivity (Wildman–Crippen MR) is 90.7 cm³/mol. The summed E-state index contributed by atoms with van der Waals surface area (Å²) in [5.74, 6) is 0.594. The van der Waals surface area contributed by atoms with E-state index in [1.165, 1.54) is 0 Å². The van der Waals surface area contributed by atoms with Crippen molar-refractivity contribution in [1.82, 2.24) is 19.6 Å². The van der Waals surface area contributed by atoms with E-state index >= 15 is 0 Å². The zero-order valence-electron chi connectivity index (χ0n) is 14.1. The van der Waals surface area contributed by atoms with E-state index in [1.807, 2.05) is 23.0 Å². The summed E-state index contributed by atoms with van der Waals surface area (Å²) in [4.78, 5) is 28.3. The van der Waals surface area contributed by atoms with E-state index in [2.05, 4.69) is 5.10 Å². The van der Waals surface area contributed by atoms with Gasteiger partial charge < -0.3 is 15.5 Å². The van der Waals surface area contributed by atoms with Crippen LogP contribution in [0.1, 0.15) is 24.8 Å². The lowest BCUT2D eigenvalue weighted by Crippen LogP contribution is -2.57. The van der Waals surface area contributed by atoms with Crippen LogP contribution in [0.25, 0.3) is 6.08 Å². The lowest BCUT2D eigenvalue weighted by molar-refractivity contribution is -0.142. The number of amides is 2. The number of aromatic nitrogens is 2. The molecule has 7 heteroatoms. The fraction of sp³-hybridized carbons (Fsp3) is 0.588. The Labute approximate surface area is 142 Å². The monoisotopic (exact) mass is 331 g/mol. The van der Waals surface area contributed by atoms with Crippen molar-refractivity contribution < 1.29 is 9.59 Å². The smallest absolute Gasteiger partial charge is 0.246 e. The van der Waals surface area contributed by atoms with Gasteiger partial charge in [0.05, 0.1) is 6.20 Å². The number of fused-ring (bicyclic) bond motifs is 1. The van der Waals surface area contributed by atoms with Gasteiger partial charge in [-0.25, -0.2) is 0 Å². The first kappa shape index (κ1) is 16.7. The molecule has 2 fully saturated rings.